The van der Waals surface area contributed by atoms with Crippen molar-refractivity contribution in [1.29, 1.82) is 0 Å². The van der Waals surface area contributed by atoms with Crippen LogP contribution in [0.2, 0.25) is 0 Å². The fourth-order valence-corrected chi connectivity index (χ4v) is 2.97. The molecule has 5 heteroatoms. The number of aliphatic carboxylic acids is 1. The molecule has 1 N–H and O–H groups in total. The number of likely N-dealkylation sites (tertiary alicyclic amines) is 1. The number of ether oxygens (including phenoxy) is 2. The van der Waals surface area contributed by atoms with E-state index in [1.165, 1.54) is 0 Å². The molecule has 2 unspecified atom stereocenters. The van der Waals surface area contributed by atoms with E-state index in [2.05, 4.69) is 11.8 Å². The number of hydrogen-bond donors (Lipinski definition) is 1. The number of carbonyl (C=O) groups is 1. The van der Waals surface area contributed by atoms with Crippen LogP contribution >= 0.6 is 0 Å². The maximum absolute atomic E-state index is 11.5. The molecular formula is C14H25NO4. The fraction of sp³-hybridized carbons (Fsp3) is 0.929. The minimum absolute atomic E-state index is 0.266. The zero-order valence-corrected chi connectivity index (χ0v) is 11.8. The molecule has 2 aliphatic heterocycles. The summed E-state index contributed by atoms with van der Waals surface area (Å²) in [7, 11) is 0. The summed E-state index contributed by atoms with van der Waals surface area (Å²) in [6, 6.07) is 0. The van der Waals surface area contributed by atoms with Crippen LogP contribution in [0.15, 0.2) is 0 Å². The van der Waals surface area contributed by atoms with E-state index in [4.69, 9.17) is 9.47 Å². The minimum atomic E-state index is -0.721. The van der Waals surface area contributed by atoms with Crippen molar-refractivity contribution in [3.63, 3.8) is 0 Å². The molecular weight excluding hydrogens is 246 g/mol. The maximum Gasteiger partial charge on any atom is 0.313 e. The van der Waals surface area contributed by atoms with Crippen LogP contribution in [0.4, 0.5) is 0 Å². The quantitative estimate of drug-likeness (QED) is 0.790. The Morgan fingerprint density at radius 1 is 1.58 bits per heavy atom. The summed E-state index contributed by atoms with van der Waals surface area (Å²) in [5.74, 6) is -0.721. The summed E-state index contributed by atoms with van der Waals surface area (Å²) in [4.78, 5) is 13.8. The third kappa shape index (κ3) is 3.68. The van der Waals surface area contributed by atoms with Gasteiger partial charge in [-0.25, -0.2) is 0 Å². The molecule has 0 amide bonds. The second kappa shape index (κ2) is 6.68. The third-order valence-electron chi connectivity index (χ3n) is 4.10. The highest BCUT2D eigenvalue weighted by molar-refractivity contribution is 5.75. The van der Waals surface area contributed by atoms with Gasteiger partial charge in [-0.3, -0.25) is 9.69 Å². The first kappa shape index (κ1) is 14.8. The van der Waals surface area contributed by atoms with Gasteiger partial charge in [0.1, 0.15) is 5.41 Å². The van der Waals surface area contributed by atoms with Crippen LogP contribution in [0.5, 0.6) is 0 Å². The molecule has 0 aromatic carbocycles. The van der Waals surface area contributed by atoms with Gasteiger partial charge in [-0.15, -0.1) is 0 Å². The van der Waals surface area contributed by atoms with E-state index in [9.17, 15) is 9.90 Å². The Labute approximate surface area is 114 Å². The van der Waals surface area contributed by atoms with Crippen molar-refractivity contribution in [1.82, 2.24) is 4.90 Å². The van der Waals surface area contributed by atoms with Crippen molar-refractivity contribution in [2.24, 2.45) is 5.41 Å². The molecule has 110 valence electrons. The predicted molar refractivity (Wildman–Crippen MR) is 71.2 cm³/mol. The Morgan fingerprint density at radius 2 is 2.42 bits per heavy atom. The number of nitrogens with zero attached hydrogens (tertiary/aromatic N) is 1. The Kier molecular flexibility index (Phi) is 5.19. The zero-order valence-electron chi connectivity index (χ0n) is 11.8. The molecule has 0 aromatic heterocycles. The second-order valence-electron chi connectivity index (χ2n) is 5.76. The van der Waals surface area contributed by atoms with Gasteiger partial charge in [0.15, 0.2) is 0 Å². The lowest BCUT2D eigenvalue weighted by atomic mass is 9.86. The highest BCUT2D eigenvalue weighted by atomic mass is 16.5. The average molecular weight is 271 g/mol. The summed E-state index contributed by atoms with van der Waals surface area (Å²) in [6.07, 6.45) is 4.10. The lowest BCUT2D eigenvalue weighted by molar-refractivity contribution is -0.151. The lowest BCUT2D eigenvalue weighted by Gasteiger charge is -2.36. The van der Waals surface area contributed by atoms with Crippen LogP contribution in [0, 0.1) is 5.41 Å². The normalized spacial score (nSPS) is 32.6. The number of piperidine rings is 1. The van der Waals surface area contributed by atoms with Gasteiger partial charge < -0.3 is 14.6 Å². The van der Waals surface area contributed by atoms with Crippen LogP contribution in [0.3, 0.4) is 0 Å². The van der Waals surface area contributed by atoms with Crippen molar-refractivity contribution in [3.05, 3.63) is 0 Å². The van der Waals surface area contributed by atoms with E-state index in [0.717, 1.165) is 39.0 Å². The molecule has 2 rings (SSSR count). The maximum atomic E-state index is 11.5. The van der Waals surface area contributed by atoms with Crippen molar-refractivity contribution < 1.29 is 19.4 Å². The summed E-state index contributed by atoms with van der Waals surface area (Å²) >= 11 is 0. The first-order chi connectivity index (χ1) is 9.16. The van der Waals surface area contributed by atoms with Crippen LogP contribution in [0.1, 0.15) is 32.6 Å². The van der Waals surface area contributed by atoms with E-state index in [1.807, 2.05) is 0 Å². The summed E-state index contributed by atoms with van der Waals surface area (Å²) in [5, 5.41) is 9.46. The molecule has 5 nitrogen and oxygen atoms in total. The average Bonchev–Trinajstić information content (AvgIpc) is 2.87. The smallest absolute Gasteiger partial charge is 0.313 e. The number of rotatable bonds is 6. The lowest BCUT2D eigenvalue weighted by Crippen LogP contribution is -2.48. The fourth-order valence-electron chi connectivity index (χ4n) is 2.97. The topological polar surface area (TPSA) is 59.0 Å². The highest BCUT2D eigenvalue weighted by Crippen LogP contribution is 2.31. The van der Waals surface area contributed by atoms with E-state index in [1.54, 1.807) is 0 Å². The third-order valence-corrected chi connectivity index (χ3v) is 4.10. The van der Waals surface area contributed by atoms with Crippen molar-refractivity contribution in [2.45, 2.75) is 38.7 Å². The van der Waals surface area contributed by atoms with Crippen molar-refractivity contribution in [3.8, 4) is 0 Å². The Balaban J connectivity index is 1.88. The van der Waals surface area contributed by atoms with Gasteiger partial charge in [-0.1, -0.05) is 6.92 Å². The Bertz CT molecular complexity index is 302. The molecule has 0 aliphatic carbocycles. The molecule has 0 bridgehead atoms. The van der Waals surface area contributed by atoms with Crippen LogP contribution in [-0.2, 0) is 14.3 Å². The van der Waals surface area contributed by atoms with E-state index in [0.29, 0.717) is 26.2 Å². The van der Waals surface area contributed by atoms with Crippen molar-refractivity contribution >= 4 is 5.97 Å². The van der Waals surface area contributed by atoms with Crippen LogP contribution in [-0.4, -0.2) is 61.5 Å². The van der Waals surface area contributed by atoms with Gasteiger partial charge in [0.2, 0.25) is 0 Å². The molecule has 0 radical (unpaired) electrons. The van der Waals surface area contributed by atoms with Crippen molar-refractivity contribution in [2.75, 3.05) is 39.5 Å². The predicted octanol–water partition coefficient (Wildman–Crippen LogP) is 1.37. The van der Waals surface area contributed by atoms with Gasteiger partial charge in [0.05, 0.1) is 12.7 Å². The molecule has 0 aromatic rings. The molecule has 2 aliphatic rings. The molecule has 0 spiro atoms. The number of carboxylic acids is 1. The van der Waals surface area contributed by atoms with Crippen LogP contribution in [0.25, 0.3) is 0 Å². The number of carboxylic acid groups (broad SMARTS) is 1. The standard InChI is InChI=1S/C14H25NO4/c1-2-7-19-12-4-3-6-15(9-12)10-14(13(16)17)5-8-18-11-14/h12H,2-11H2,1H3,(H,16,17). The Morgan fingerprint density at radius 3 is 3.05 bits per heavy atom. The highest BCUT2D eigenvalue weighted by Gasteiger charge is 2.44. The first-order valence-electron chi connectivity index (χ1n) is 7.31. The zero-order chi connectivity index (χ0) is 13.7. The van der Waals surface area contributed by atoms with E-state index >= 15 is 0 Å². The minimum Gasteiger partial charge on any atom is -0.481 e. The molecule has 2 heterocycles. The van der Waals surface area contributed by atoms with Gasteiger partial charge in [0, 0.05) is 26.3 Å². The van der Waals surface area contributed by atoms with Gasteiger partial charge >= 0.3 is 5.97 Å². The van der Waals surface area contributed by atoms with E-state index in [-0.39, 0.29) is 6.10 Å². The second-order valence-corrected chi connectivity index (χ2v) is 5.76. The molecule has 2 atom stereocenters. The van der Waals surface area contributed by atoms with Gasteiger partial charge in [-0.2, -0.15) is 0 Å². The number of hydrogen-bond acceptors (Lipinski definition) is 4. The van der Waals surface area contributed by atoms with Crippen LogP contribution < -0.4 is 0 Å². The summed E-state index contributed by atoms with van der Waals surface area (Å²) in [5.41, 5.74) is -0.702. The molecule has 0 saturated carbocycles. The first-order valence-corrected chi connectivity index (χ1v) is 7.31. The summed E-state index contributed by atoms with van der Waals surface area (Å²) < 4.78 is 11.1. The Hall–Kier alpha value is -0.650. The molecule has 2 saturated heterocycles. The monoisotopic (exact) mass is 271 g/mol. The van der Waals surface area contributed by atoms with Gasteiger partial charge in [-0.05, 0) is 32.2 Å². The largest absolute Gasteiger partial charge is 0.481 e. The summed E-state index contributed by atoms with van der Waals surface area (Å²) in [6.45, 7) is 6.24. The molecule has 19 heavy (non-hydrogen) atoms. The SMILES string of the molecule is CCCOC1CCCN(CC2(C(=O)O)CCOC2)C1. The van der Waals surface area contributed by atoms with E-state index < -0.39 is 11.4 Å². The van der Waals surface area contributed by atoms with Gasteiger partial charge in [0.25, 0.3) is 0 Å². The molecule has 2 fully saturated rings.